The van der Waals surface area contributed by atoms with Crippen LogP contribution in [0, 0.1) is 11.6 Å². The molecule has 1 unspecified atom stereocenters. The fourth-order valence-electron chi connectivity index (χ4n) is 2.95. The average molecular weight is 365 g/mol. The Morgan fingerprint density at radius 2 is 2.27 bits per heavy atom. The summed E-state index contributed by atoms with van der Waals surface area (Å²) >= 11 is 0. The zero-order valence-corrected chi connectivity index (χ0v) is 14.7. The Bertz CT molecular complexity index is 794. The highest BCUT2D eigenvalue weighted by atomic mass is 19.1. The number of carbonyl (C=O) groups excluding carboxylic acids is 1. The minimum Gasteiger partial charge on any atom is -0.437 e. The van der Waals surface area contributed by atoms with Gasteiger partial charge in [-0.05, 0) is 13.0 Å². The summed E-state index contributed by atoms with van der Waals surface area (Å²) in [6.07, 6.45) is 0.575. The number of halogens is 2. The van der Waals surface area contributed by atoms with E-state index >= 15 is 0 Å². The summed E-state index contributed by atoms with van der Waals surface area (Å²) in [6, 6.07) is 3.41. The van der Waals surface area contributed by atoms with Crippen molar-refractivity contribution in [2.45, 2.75) is 32.5 Å². The van der Waals surface area contributed by atoms with E-state index in [4.69, 9.17) is 9.15 Å². The van der Waals surface area contributed by atoms with E-state index in [0.29, 0.717) is 49.7 Å². The van der Waals surface area contributed by atoms with E-state index < -0.39 is 11.6 Å². The Labute approximate surface area is 150 Å². The lowest BCUT2D eigenvalue weighted by molar-refractivity contribution is 0.0869. The second kappa shape index (κ2) is 7.92. The fraction of sp³-hybridized carbons (Fsp3) is 0.444. The molecule has 6 nitrogen and oxygen atoms in total. The highest BCUT2D eigenvalue weighted by molar-refractivity contribution is 5.89. The fourth-order valence-corrected chi connectivity index (χ4v) is 2.95. The zero-order chi connectivity index (χ0) is 18.7. The van der Waals surface area contributed by atoms with Gasteiger partial charge in [0.2, 0.25) is 0 Å². The molecule has 2 heterocycles. The third kappa shape index (κ3) is 4.25. The Morgan fingerprint density at radius 3 is 3.00 bits per heavy atom. The van der Waals surface area contributed by atoms with Crippen LogP contribution in [0.4, 0.5) is 8.78 Å². The van der Waals surface area contributed by atoms with Gasteiger partial charge in [0, 0.05) is 50.8 Å². The van der Waals surface area contributed by atoms with Crippen LogP contribution in [0.2, 0.25) is 0 Å². The van der Waals surface area contributed by atoms with E-state index in [1.807, 2.05) is 11.8 Å². The van der Waals surface area contributed by atoms with Crippen molar-refractivity contribution in [3.8, 4) is 0 Å². The predicted molar refractivity (Wildman–Crippen MR) is 89.5 cm³/mol. The monoisotopic (exact) mass is 365 g/mol. The molecule has 1 amide bonds. The van der Waals surface area contributed by atoms with E-state index in [0.717, 1.165) is 6.07 Å². The first kappa shape index (κ1) is 18.5. The summed E-state index contributed by atoms with van der Waals surface area (Å²) in [4.78, 5) is 18.4. The summed E-state index contributed by atoms with van der Waals surface area (Å²) in [5.74, 6) is -0.858. The van der Waals surface area contributed by atoms with Gasteiger partial charge in [-0.3, -0.25) is 9.69 Å². The summed E-state index contributed by atoms with van der Waals surface area (Å²) < 4.78 is 37.4. The predicted octanol–water partition coefficient (Wildman–Crippen LogP) is 2.28. The van der Waals surface area contributed by atoms with Gasteiger partial charge in [-0.15, -0.1) is 0 Å². The zero-order valence-electron chi connectivity index (χ0n) is 14.7. The van der Waals surface area contributed by atoms with Crippen LogP contribution >= 0.6 is 0 Å². The van der Waals surface area contributed by atoms with Crippen LogP contribution in [0.25, 0.3) is 0 Å². The maximum atomic E-state index is 13.8. The Kier molecular flexibility index (Phi) is 5.63. The molecule has 0 radical (unpaired) electrons. The first-order valence-electron chi connectivity index (χ1n) is 8.41. The minimum absolute atomic E-state index is 0.0211. The normalized spacial score (nSPS) is 15.5. The minimum atomic E-state index is -0.595. The molecule has 1 N–H and O–H groups in total. The largest absolute Gasteiger partial charge is 0.437 e. The van der Waals surface area contributed by atoms with Crippen molar-refractivity contribution >= 4 is 5.91 Å². The van der Waals surface area contributed by atoms with Crippen molar-refractivity contribution in [3.63, 3.8) is 0 Å². The summed E-state index contributed by atoms with van der Waals surface area (Å²) in [5.41, 5.74) is 1.09. The molecule has 2 aromatic rings. The lowest BCUT2D eigenvalue weighted by atomic mass is 10.1. The molecule has 0 saturated carbocycles. The quantitative estimate of drug-likeness (QED) is 0.851. The number of amides is 1. The Balaban J connectivity index is 1.65. The van der Waals surface area contributed by atoms with E-state index in [1.54, 1.807) is 7.11 Å². The van der Waals surface area contributed by atoms with Crippen LogP contribution in [-0.2, 0) is 24.2 Å². The van der Waals surface area contributed by atoms with Crippen LogP contribution in [0.3, 0.4) is 0 Å². The van der Waals surface area contributed by atoms with Gasteiger partial charge in [0.15, 0.2) is 0 Å². The highest BCUT2D eigenvalue weighted by Gasteiger charge is 2.25. The van der Waals surface area contributed by atoms with E-state index in [-0.39, 0.29) is 17.8 Å². The molecule has 1 atom stereocenters. The molecule has 1 aromatic carbocycles. The first-order valence-corrected chi connectivity index (χ1v) is 8.41. The van der Waals surface area contributed by atoms with Gasteiger partial charge in [-0.25, -0.2) is 13.8 Å². The molecule has 140 valence electrons. The smallest absolute Gasteiger partial charge is 0.307 e. The Hall–Kier alpha value is -2.32. The maximum absolute atomic E-state index is 13.8. The van der Waals surface area contributed by atoms with E-state index in [9.17, 15) is 13.6 Å². The van der Waals surface area contributed by atoms with Gasteiger partial charge in [-0.2, -0.15) is 0 Å². The maximum Gasteiger partial charge on any atom is 0.307 e. The number of methoxy groups -OCH3 is 1. The van der Waals surface area contributed by atoms with Gasteiger partial charge in [0.05, 0.1) is 12.3 Å². The molecule has 0 saturated heterocycles. The average Bonchev–Trinajstić information content (AvgIpc) is 3.01. The molecule has 0 fully saturated rings. The number of benzene rings is 1. The van der Waals surface area contributed by atoms with Crippen molar-refractivity contribution in [1.29, 1.82) is 0 Å². The third-order valence-corrected chi connectivity index (χ3v) is 4.20. The molecule has 0 spiro atoms. The number of hydrogen-bond donors (Lipinski definition) is 1. The second-order valence-corrected chi connectivity index (χ2v) is 6.42. The molecule has 8 heteroatoms. The molecular weight excluding hydrogens is 344 g/mol. The lowest BCUT2D eigenvalue weighted by Gasteiger charge is -2.25. The Morgan fingerprint density at radius 1 is 1.46 bits per heavy atom. The molecule has 0 aliphatic carbocycles. The number of hydrogen-bond acceptors (Lipinski definition) is 5. The van der Waals surface area contributed by atoms with Crippen molar-refractivity contribution in [1.82, 2.24) is 15.2 Å². The molecule has 1 aliphatic rings. The topological polar surface area (TPSA) is 67.6 Å². The lowest BCUT2D eigenvalue weighted by Crippen LogP contribution is -2.35. The second-order valence-electron chi connectivity index (χ2n) is 6.42. The molecule has 26 heavy (non-hydrogen) atoms. The number of carbonyl (C=O) groups is 1. The summed E-state index contributed by atoms with van der Waals surface area (Å²) in [6.45, 7) is 3.63. The number of aromatic nitrogens is 1. The van der Waals surface area contributed by atoms with Crippen LogP contribution in [0.15, 0.2) is 22.6 Å². The molecular formula is C18H21F2N3O3. The number of oxazole rings is 1. The number of nitrogens with one attached hydrogen (secondary N) is 1. The molecule has 3 rings (SSSR count). The van der Waals surface area contributed by atoms with Crippen molar-refractivity contribution in [2.24, 2.45) is 0 Å². The van der Waals surface area contributed by atoms with Crippen molar-refractivity contribution < 1.29 is 22.7 Å². The van der Waals surface area contributed by atoms with Crippen LogP contribution in [0.1, 0.15) is 34.6 Å². The van der Waals surface area contributed by atoms with Crippen LogP contribution < -0.4 is 5.32 Å². The summed E-state index contributed by atoms with van der Waals surface area (Å²) in [5, 5.41) is 2.75. The van der Waals surface area contributed by atoms with Gasteiger partial charge >= 0.3 is 5.91 Å². The van der Waals surface area contributed by atoms with Gasteiger partial charge in [0.1, 0.15) is 17.4 Å². The van der Waals surface area contributed by atoms with Gasteiger partial charge in [0.25, 0.3) is 5.89 Å². The molecule has 1 aliphatic heterocycles. The van der Waals surface area contributed by atoms with E-state index in [2.05, 4.69) is 10.3 Å². The standard InChI is InChI=1S/C18H21F2N3O3/c1-11(10-25-2)21-17(24)18-22-15-9-23(6-5-16(15)26-18)8-12-3-4-13(19)7-14(12)20/h3-4,7,11H,5-6,8-10H2,1-2H3,(H,21,24). The third-order valence-electron chi connectivity index (χ3n) is 4.20. The van der Waals surface area contributed by atoms with Gasteiger partial charge < -0.3 is 14.5 Å². The van der Waals surface area contributed by atoms with Crippen LogP contribution in [-0.4, -0.2) is 42.1 Å². The van der Waals surface area contributed by atoms with E-state index in [1.165, 1.54) is 12.1 Å². The summed E-state index contributed by atoms with van der Waals surface area (Å²) in [7, 11) is 1.56. The SMILES string of the molecule is COCC(C)NC(=O)c1nc2c(o1)CCN(Cc1ccc(F)cc1F)C2. The molecule has 1 aromatic heterocycles. The van der Waals surface area contributed by atoms with Gasteiger partial charge in [-0.1, -0.05) is 6.07 Å². The van der Waals surface area contributed by atoms with Crippen LogP contribution in [0.5, 0.6) is 0 Å². The highest BCUT2D eigenvalue weighted by Crippen LogP contribution is 2.22. The number of fused-ring (bicyclic) bond motifs is 1. The number of nitrogens with zero attached hydrogens (tertiary/aromatic N) is 2. The van der Waals surface area contributed by atoms with Crippen molar-refractivity contribution in [2.75, 3.05) is 20.3 Å². The molecule has 0 bridgehead atoms. The number of rotatable bonds is 6. The first-order chi connectivity index (χ1) is 12.5. The van der Waals surface area contributed by atoms with Crippen molar-refractivity contribution in [3.05, 3.63) is 52.7 Å². The number of ether oxygens (including phenoxy) is 1.